The van der Waals surface area contributed by atoms with Gasteiger partial charge in [0, 0.05) is 11.6 Å². The van der Waals surface area contributed by atoms with Crippen molar-refractivity contribution in [3.05, 3.63) is 23.5 Å². The molecule has 1 aromatic rings. The average molecular weight is 240 g/mol. The van der Waals surface area contributed by atoms with Gasteiger partial charge in [0.05, 0.1) is 18.8 Å². The number of halogens is 1. The molecule has 0 spiro atoms. The first-order valence-corrected chi connectivity index (χ1v) is 5.73. The van der Waals surface area contributed by atoms with Crippen LogP contribution in [0.15, 0.2) is 12.1 Å². The largest absolute Gasteiger partial charge is 0.493 e. The highest BCUT2D eigenvalue weighted by Gasteiger charge is 2.44. The van der Waals surface area contributed by atoms with Gasteiger partial charge in [-0.2, -0.15) is 0 Å². The predicted octanol–water partition coefficient (Wildman–Crippen LogP) is 2.60. The van der Waals surface area contributed by atoms with Crippen molar-refractivity contribution in [1.82, 2.24) is 0 Å². The lowest BCUT2D eigenvalue weighted by Gasteiger charge is -2.17. The Balaban J connectivity index is 2.41. The van der Waals surface area contributed by atoms with Crippen LogP contribution in [0.3, 0.4) is 0 Å². The molecule has 0 aliphatic heterocycles. The fourth-order valence-corrected chi connectivity index (χ4v) is 1.79. The Bertz CT molecular complexity index is 425. The van der Waals surface area contributed by atoms with E-state index < -0.39 is 11.4 Å². The van der Waals surface area contributed by atoms with Gasteiger partial charge < -0.3 is 14.6 Å². The third-order valence-corrected chi connectivity index (χ3v) is 2.84. The maximum Gasteiger partial charge on any atom is 0.163 e. The minimum Gasteiger partial charge on any atom is -0.493 e. The van der Waals surface area contributed by atoms with Gasteiger partial charge in [-0.25, -0.2) is 4.39 Å². The van der Waals surface area contributed by atoms with Gasteiger partial charge in [-0.05, 0) is 32.8 Å². The van der Waals surface area contributed by atoms with Gasteiger partial charge in [-0.3, -0.25) is 0 Å². The average Bonchev–Trinajstić information content (AvgIpc) is 2.99. The zero-order valence-electron chi connectivity index (χ0n) is 10.3. The summed E-state index contributed by atoms with van der Waals surface area (Å²) in [5.41, 5.74) is -0.709. The smallest absolute Gasteiger partial charge is 0.163 e. The standard InChI is InChI=1S/C13H17FO3/c1-8(2)17-12-6-9(13(15)4-5-13)10(14)7-11(12)16-3/h6-8,15H,4-5H2,1-3H3. The summed E-state index contributed by atoms with van der Waals surface area (Å²) in [5.74, 6) is 0.376. The number of hydrogen-bond acceptors (Lipinski definition) is 3. The first kappa shape index (κ1) is 12.2. The zero-order valence-corrected chi connectivity index (χ0v) is 10.3. The van der Waals surface area contributed by atoms with E-state index >= 15 is 0 Å². The van der Waals surface area contributed by atoms with Crippen LogP contribution < -0.4 is 9.47 Å². The lowest BCUT2D eigenvalue weighted by molar-refractivity contribution is 0.145. The van der Waals surface area contributed by atoms with E-state index in [1.807, 2.05) is 13.8 Å². The molecule has 94 valence electrons. The second-order valence-electron chi connectivity index (χ2n) is 4.68. The van der Waals surface area contributed by atoms with Crippen molar-refractivity contribution < 1.29 is 19.0 Å². The van der Waals surface area contributed by atoms with Crippen LogP contribution in [0.2, 0.25) is 0 Å². The van der Waals surface area contributed by atoms with E-state index in [1.54, 1.807) is 6.07 Å². The summed E-state index contributed by atoms with van der Waals surface area (Å²) >= 11 is 0. The summed E-state index contributed by atoms with van der Waals surface area (Å²) in [6, 6.07) is 2.81. The van der Waals surface area contributed by atoms with Crippen molar-refractivity contribution >= 4 is 0 Å². The molecule has 1 aromatic carbocycles. The van der Waals surface area contributed by atoms with Gasteiger partial charge in [-0.15, -0.1) is 0 Å². The van der Waals surface area contributed by atoms with Gasteiger partial charge in [0.15, 0.2) is 11.5 Å². The Morgan fingerprint density at radius 1 is 1.29 bits per heavy atom. The van der Waals surface area contributed by atoms with Crippen LogP contribution in [-0.4, -0.2) is 18.3 Å². The molecular weight excluding hydrogens is 223 g/mol. The number of rotatable bonds is 4. The molecule has 1 aliphatic rings. The minimum atomic E-state index is -1.01. The molecular formula is C13H17FO3. The highest BCUT2D eigenvalue weighted by atomic mass is 19.1. The number of methoxy groups -OCH3 is 1. The Morgan fingerprint density at radius 2 is 1.94 bits per heavy atom. The highest BCUT2D eigenvalue weighted by Crippen LogP contribution is 2.48. The summed E-state index contributed by atoms with van der Waals surface area (Å²) in [6.07, 6.45) is 1.16. The molecule has 3 nitrogen and oxygen atoms in total. The normalized spacial score (nSPS) is 17.1. The Kier molecular flexibility index (Phi) is 3.00. The lowest BCUT2D eigenvalue weighted by atomic mass is 10.1. The van der Waals surface area contributed by atoms with E-state index in [0.29, 0.717) is 29.9 Å². The molecule has 0 heterocycles. The maximum atomic E-state index is 13.8. The van der Waals surface area contributed by atoms with Crippen molar-refractivity contribution in [3.8, 4) is 11.5 Å². The van der Waals surface area contributed by atoms with Crippen molar-refractivity contribution in [3.63, 3.8) is 0 Å². The summed E-state index contributed by atoms with van der Waals surface area (Å²) in [5, 5.41) is 9.97. The zero-order chi connectivity index (χ0) is 12.6. The second-order valence-corrected chi connectivity index (χ2v) is 4.68. The molecule has 1 fully saturated rings. The quantitative estimate of drug-likeness (QED) is 0.879. The van der Waals surface area contributed by atoms with E-state index in [-0.39, 0.29) is 6.10 Å². The van der Waals surface area contributed by atoms with Crippen LogP contribution in [0.4, 0.5) is 4.39 Å². The Labute approximate surface area is 100 Å². The molecule has 1 N–H and O–H groups in total. The first-order valence-electron chi connectivity index (χ1n) is 5.73. The topological polar surface area (TPSA) is 38.7 Å². The highest BCUT2D eigenvalue weighted by molar-refractivity contribution is 5.46. The van der Waals surface area contributed by atoms with Gasteiger partial charge >= 0.3 is 0 Å². The van der Waals surface area contributed by atoms with Crippen LogP contribution in [0.1, 0.15) is 32.3 Å². The maximum absolute atomic E-state index is 13.8. The summed E-state index contributed by atoms with van der Waals surface area (Å²) < 4.78 is 24.4. The number of aliphatic hydroxyl groups is 1. The fourth-order valence-electron chi connectivity index (χ4n) is 1.79. The molecule has 2 rings (SSSR count). The van der Waals surface area contributed by atoms with E-state index in [1.165, 1.54) is 13.2 Å². The number of hydrogen-bond donors (Lipinski definition) is 1. The number of ether oxygens (including phenoxy) is 2. The SMILES string of the molecule is COc1cc(F)c(C2(O)CC2)cc1OC(C)C. The van der Waals surface area contributed by atoms with Crippen LogP contribution in [0.25, 0.3) is 0 Å². The molecule has 17 heavy (non-hydrogen) atoms. The van der Waals surface area contributed by atoms with E-state index in [0.717, 1.165) is 0 Å². The molecule has 0 aromatic heterocycles. The summed E-state index contributed by atoms with van der Waals surface area (Å²) in [6.45, 7) is 3.77. The number of benzene rings is 1. The van der Waals surface area contributed by atoms with Crippen molar-refractivity contribution in [1.29, 1.82) is 0 Å². The predicted molar refractivity (Wildman–Crippen MR) is 61.8 cm³/mol. The first-order chi connectivity index (χ1) is 7.96. The molecule has 0 bridgehead atoms. The minimum absolute atomic E-state index is 0.0314. The molecule has 0 saturated heterocycles. The molecule has 0 amide bonds. The van der Waals surface area contributed by atoms with Crippen LogP contribution >= 0.6 is 0 Å². The van der Waals surface area contributed by atoms with Gasteiger partial charge in [0.1, 0.15) is 5.82 Å². The molecule has 1 aliphatic carbocycles. The van der Waals surface area contributed by atoms with Crippen LogP contribution in [0.5, 0.6) is 11.5 Å². The molecule has 0 radical (unpaired) electrons. The second kappa shape index (κ2) is 4.18. The van der Waals surface area contributed by atoms with Crippen LogP contribution in [0, 0.1) is 5.82 Å². The van der Waals surface area contributed by atoms with Crippen LogP contribution in [-0.2, 0) is 5.60 Å². The van der Waals surface area contributed by atoms with Crippen molar-refractivity contribution in [2.75, 3.05) is 7.11 Å². The summed E-state index contributed by atoms with van der Waals surface area (Å²) in [4.78, 5) is 0. The fraction of sp³-hybridized carbons (Fsp3) is 0.538. The van der Waals surface area contributed by atoms with E-state index in [9.17, 15) is 9.50 Å². The summed E-state index contributed by atoms with van der Waals surface area (Å²) in [7, 11) is 1.47. The molecule has 4 heteroatoms. The van der Waals surface area contributed by atoms with Gasteiger partial charge in [0.2, 0.25) is 0 Å². The van der Waals surface area contributed by atoms with Gasteiger partial charge in [-0.1, -0.05) is 0 Å². The Morgan fingerprint density at radius 3 is 2.41 bits per heavy atom. The third-order valence-electron chi connectivity index (χ3n) is 2.84. The third kappa shape index (κ3) is 2.36. The van der Waals surface area contributed by atoms with Crippen molar-refractivity contribution in [2.45, 2.75) is 38.4 Å². The van der Waals surface area contributed by atoms with E-state index in [4.69, 9.17) is 9.47 Å². The lowest BCUT2D eigenvalue weighted by Crippen LogP contribution is -2.11. The Hall–Kier alpha value is -1.29. The molecule has 0 atom stereocenters. The monoisotopic (exact) mass is 240 g/mol. The molecule has 0 unspecified atom stereocenters. The van der Waals surface area contributed by atoms with Crippen molar-refractivity contribution in [2.24, 2.45) is 0 Å². The van der Waals surface area contributed by atoms with Gasteiger partial charge in [0.25, 0.3) is 0 Å². The van der Waals surface area contributed by atoms with E-state index in [2.05, 4.69) is 0 Å². The molecule has 1 saturated carbocycles.